The molecule has 0 N–H and O–H groups in total. The van der Waals surface area contributed by atoms with Gasteiger partial charge in [0.25, 0.3) is 0 Å². The predicted molar refractivity (Wildman–Crippen MR) is 68.9 cm³/mol. The highest BCUT2D eigenvalue weighted by atomic mass is 19.4. The van der Waals surface area contributed by atoms with Crippen LogP contribution in [0.5, 0.6) is 0 Å². The van der Waals surface area contributed by atoms with E-state index in [9.17, 15) is 26.3 Å². The van der Waals surface area contributed by atoms with Gasteiger partial charge >= 0.3 is 12.4 Å². The molecule has 9 heteroatoms. The van der Waals surface area contributed by atoms with Crippen molar-refractivity contribution in [1.82, 2.24) is 15.0 Å². The van der Waals surface area contributed by atoms with Crippen molar-refractivity contribution in [1.29, 1.82) is 0 Å². The summed E-state index contributed by atoms with van der Waals surface area (Å²) in [6.45, 7) is 0. The zero-order valence-electron chi connectivity index (χ0n) is 11.2. The fourth-order valence-corrected chi connectivity index (χ4v) is 2.21. The molecule has 120 valence electrons. The third kappa shape index (κ3) is 2.73. The molecule has 0 fully saturated rings. The minimum Gasteiger partial charge on any atom is -0.166 e. The molecule has 0 atom stereocenters. The van der Waals surface area contributed by atoms with Gasteiger partial charge in [-0.25, -0.2) is 0 Å². The van der Waals surface area contributed by atoms with Crippen molar-refractivity contribution in [3.63, 3.8) is 0 Å². The van der Waals surface area contributed by atoms with Crippen LogP contribution in [0.25, 0.3) is 16.7 Å². The van der Waals surface area contributed by atoms with Gasteiger partial charge in [0.15, 0.2) is 0 Å². The second-order valence-electron chi connectivity index (χ2n) is 4.67. The number of benzene rings is 2. The minimum absolute atomic E-state index is 0.276. The number of nitrogens with zero attached hydrogens (tertiary/aromatic N) is 3. The third-order valence-corrected chi connectivity index (χ3v) is 3.13. The average Bonchev–Trinajstić information content (AvgIpc) is 2.88. The second kappa shape index (κ2) is 4.97. The van der Waals surface area contributed by atoms with E-state index in [-0.39, 0.29) is 11.0 Å². The third-order valence-electron chi connectivity index (χ3n) is 3.13. The molecule has 1 heterocycles. The molecule has 3 aromatic rings. The number of halogens is 6. The zero-order valence-corrected chi connectivity index (χ0v) is 11.2. The molecule has 0 aliphatic heterocycles. The van der Waals surface area contributed by atoms with Crippen LogP contribution in [-0.4, -0.2) is 15.0 Å². The molecule has 3 rings (SSSR count). The SMILES string of the molecule is FC(F)(F)c1cccc(-n2nc3ccccc3n2)c1C(F)(F)F. The molecule has 0 aliphatic carbocycles. The number of aromatic nitrogens is 3. The normalized spacial score (nSPS) is 12.8. The summed E-state index contributed by atoms with van der Waals surface area (Å²) in [6, 6.07) is 8.36. The first-order chi connectivity index (χ1) is 10.7. The van der Waals surface area contributed by atoms with Crippen molar-refractivity contribution in [2.75, 3.05) is 0 Å². The summed E-state index contributed by atoms with van der Waals surface area (Å²) >= 11 is 0. The van der Waals surface area contributed by atoms with Crippen molar-refractivity contribution in [3.05, 3.63) is 53.6 Å². The standard InChI is InChI=1S/C14H7F6N3/c15-13(16,17)8-4-3-7-11(12(8)14(18,19)20)23-21-9-5-1-2-6-10(9)22-23/h1-7H. The molecular formula is C14H7F6N3. The van der Waals surface area contributed by atoms with E-state index in [0.717, 1.165) is 12.1 Å². The average molecular weight is 331 g/mol. The van der Waals surface area contributed by atoms with E-state index in [4.69, 9.17) is 0 Å². The van der Waals surface area contributed by atoms with Gasteiger partial charge in [-0.1, -0.05) is 18.2 Å². The van der Waals surface area contributed by atoms with Crippen LogP contribution in [0, 0.1) is 0 Å². The molecule has 0 amide bonds. The number of hydrogen-bond acceptors (Lipinski definition) is 2. The maximum absolute atomic E-state index is 13.2. The molecule has 0 saturated carbocycles. The molecule has 0 aliphatic rings. The Labute approximate surface area is 125 Å². The van der Waals surface area contributed by atoms with E-state index in [1.807, 2.05) is 0 Å². The van der Waals surface area contributed by atoms with Crippen LogP contribution in [-0.2, 0) is 12.4 Å². The number of rotatable bonds is 1. The van der Waals surface area contributed by atoms with Gasteiger partial charge in [-0.3, -0.25) is 0 Å². The minimum atomic E-state index is -5.21. The first-order valence-corrected chi connectivity index (χ1v) is 6.28. The number of hydrogen-bond donors (Lipinski definition) is 0. The molecule has 2 aromatic carbocycles. The smallest absolute Gasteiger partial charge is 0.166 e. The molecular weight excluding hydrogens is 324 g/mol. The monoisotopic (exact) mass is 331 g/mol. The fourth-order valence-electron chi connectivity index (χ4n) is 2.21. The lowest BCUT2D eigenvalue weighted by molar-refractivity contribution is -0.162. The highest BCUT2D eigenvalue weighted by molar-refractivity contribution is 5.73. The lowest BCUT2D eigenvalue weighted by atomic mass is 10.0. The van der Waals surface area contributed by atoms with Crippen LogP contribution in [0.15, 0.2) is 42.5 Å². The summed E-state index contributed by atoms with van der Waals surface area (Å²) in [5.74, 6) is 0. The molecule has 0 radical (unpaired) electrons. The Kier molecular flexibility index (Phi) is 3.31. The Morgan fingerprint density at radius 2 is 1.26 bits per heavy atom. The molecule has 0 unspecified atom stereocenters. The number of alkyl halides is 6. The summed E-state index contributed by atoms with van der Waals surface area (Å²) in [7, 11) is 0. The molecule has 1 aromatic heterocycles. The summed E-state index contributed by atoms with van der Waals surface area (Å²) in [6.07, 6.45) is -10.4. The lowest BCUT2D eigenvalue weighted by Gasteiger charge is -2.18. The highest BCUT2D eigenvalue weighted by Crippen LogP contribution is 2.42. The summed E-state index contributed by atoms with van der Waals surface area (Å²) in [5.41, 5.74) is -3.81. The van der Waals surface area contributed by atoms with E-state index in [2.05, 4.69) is 10.2 Å². The van der Waals surface area contributed by atoms with Crippen LogP contribution >= 0.6 is 0 Å². The summed E-state index contributed by atoms with van der Waals surface area (Å²) < 4.78 is 78.4. The van der Waals surface area contributed by atoms with Crippen LogP contribution in [0.2, 0.25) is 0 Å². The largest absolute Gasteiger partial charge is 0.419 e. The van der Waals surface area contributed by atoms with Crippen LogP contribution < -0.4 is 0 Å². The van der Waals surface area contributed by atoms with Crippen molar-refractivity contribution >= 4 is 11.0 Å². The van der Waals surface area contributed by atoms with Gasteiger partial charge in [0, 0.05) is 0 Å². The Balaban J connectivity index is 2.31. The molecule has 3 nitrogen and oxygen atoms in total. The number of fused-ring (bicyclic) bond motifs is 1. The summed E-state index contributed by atoms with van der Waals surface area (Å²) in [5, 5.41) is 7.64. The molecule has 0 bridgehead atoms. The van der Waals surface area contributed by atoms with Crippen molar-refractivity contribution in [3.8, 4) is 5.69 Å². The fraction of sp³-hybridized carbons (Fsp3) is 0.143. The maximum atomic E-state index is 13.2. The van der Waals surface area contributed by atoms with Gasteiger partial charge in [0.1, 0.15) is 11.0 Å². The highest BCUT2D eigenvalue weighted by Gasteiger charge is 2.45. The van der Waals surface area contributed by atoms with Gasteiger partial charge in [0.2, 0.25) is 0 Å². The first kappa shape index (κ1) is 15.3. The van der Waals surface area contributed by atoms with Crippen molar-refractivity contribution < 1.29 is 26.3 Å². The Hall–Kier alpha value is -2.58. The Morgan fingerprint density at radius 3 is 1.74 bits per heavy atom. The van der Waals surface area contributed by atoms with E-state index < -0.39 is 29.2 Å². The van der Waals surface area contributed by atoms with Crippen molar-refractivity contribution in [2.24, 2.45) is 0 Å². The van der Waals surface area contributed by atoms with Gasteiger partial charge in [-0.15, -0.1) is 15.0 Å². The van der Waals surface area contributed by atoms with E-state index in [0.29, 0.717) is 10.9 Å². The van der Waals surface area contributed by atoms with Gasteiger partial charge in [-0.2, -0.15) is 26.3 Å². The Bertz CT molecular complexity index is 830. The van der Waals surface area contributed by atoms with Crippen LogP contribution in [0.4, 0.5) is 26.3 Å². The first-order valence-electron chi connectivity index (χ1n) is 6.28. The lowest BCUT2D eigenvalue weighted by Crippen LogP contribution is -2.20. The van der Waals surface area contributed by atoms with Gasteiger partial charge in [0.05, 0.1) is 16.8 Å². The van der Waals surface area contributed by atoms with Crippen molar-refractivity contribution in [2.45, 2.75) is 12.4 Å². The quantitative estimate of drug-likeness (QED) is 0.617. The molecule has 23 heavy (non-hydrogen) atoms. The summed E-state index contributed by atoms with van der Waals surface area (Å²) in [4.78, 5) is 0.572. The van der Waals surface area contributed by atoms with Crippen LogP contribution in [0.3, 0.4) is 0 Å². The molecule has 0 saturated heterocycles. The van der Waals surface area contributed by atoms with E-state index in [1.165, 1.54) is 12.1 Å². The zero-order chi connectivity index (χ0) is 16.8. The predicted octanol–water partition coefficient (Wildman–Crippen LogP) is 4.46. The molecule has 0 spiro atoms. The van der Waals surface area contributed by atoms with E-state index in [1.54, 1.807) is 12.1 Å². The second-order valence-corrected chi connectivity index (χ2v) is 4.67. The van der Waals surface area contributed by atoms with Gasteiger partial charge in [-0.05, 0) is 24.3 Å². The Morgan fingerprint density at radius 1 is 0.696 bits per heavy atom. The van der Waals surface area contributed by atoms with Gasteiger partial charge < -0.3 is 0 Å². The van der Waals surface area contributed by atoms with Crippen LogP contribution in [0.1, 0.15) is 11.1 Å². The van der Waals surface area contributed by atoms with E-state index >= 15 is 0 Å². The maximum Gasteiger partial charge on any atom is 0.419 e. The topological polar surface area (TPSA) is 30.7 Å².